The van der Waals surface area contributed by atoms with E-state index >= 15 is 0 Å². The number of rotatable bonds is 7. The highest BCUT2D eigenvalue weighted by atomic mass is 16.5. The lowest BCUT2D eigenvalue weighted by molar-refractivity contribution is -0.141. The van der Waals surface area contributed by atoms with Gasteiger partial charge in [-0.05, 0) is 0 Å². The van der Waals surface area contributed by atoms with Crippen molar-refractivity contribution in [2.24, 2.45) is 0 Å². The van der Waals surface area contributed by atoms with Gasteiger partial charge in [-0.15, -0.1) is 0 Å². The van der Waals surface area contributed by atoms with Crippen LogP contribution in [-0.4, -0.2) is 32.9 Å². The van der Waals surface area contributed by atoms with Crippen LogP contribution >= 0.6 is 0 Å². The van der Waals surface area contributed by atoms with Crippen molar-refractivity contribution in [2.75, 3.05) is 26.9 Å². The van der Waals surface area contributed by atoms with Crippen molar-refractivity contribution >= 4 is 5.97 Å². The first-order valence-corrected chi connectivity index (χ1v) is 3.68. The third-order valence-electron chi connectivity index (χ3n) is 1.14. The number of hydrogen-bond acceptors (Lipinski definition) is 4. The Morgan fingerprint density at radius 1 is 1.42 bits per heavy atom. The summed E-state index contributed by atoms with van der Waals surface area (Å²) in [6, 6.07) is 0. The number of carbonyl (C=O) groups is 1. The second kappa shape index (κ2) is 8.07. The van der Waals surface area contributed by atoms with Gasteiger partial charge in [-0.1, -0.05) is 6.58 Å². The Morgan fingerprint density at radius 2 is 2.17 bits per heavy atom. The van der Waals surface area contributed by atoms with Crippen LogP contribution in [0.3, 0.4) is 0 Å². The minimum atomic E-state index is -0.264. The summed E-state index contributed by atoms with van der Waals surface area (Å²) in [7, 11) is 1.35. The lowest BCUT2D eigenvalue weighted by atomic mass is 10.5. The SMILES string of the molecule is C=COCCOCCC(=O)OC. The molecule has 0 N–H and O–H groups in total. The van der Waals surface area contributed by atoms with E-state index in [9.17, 15) is 4.79 Å². The highest BCUT2D eigenvalue weighted by molar-refractivity contribution is 5.69. The molecule has 0 radical (unpaired) electrons. The molecule has 0 unspecified atom stereocenters. The molecule has 0 atom stereocenters. The number of hydrogen-bond donors (Lipinski definition) is 0. The van der Waals surface area contributed by atoms with Crippen LogP contribution in [0.2, 0.25) is 0 Å². The van der Waals surface area contributed by atoms with Gasteiger partial charge in [0, 0.05) is 0 Å². The fraction of sp³-hybridized carbons (Fsp3) is 0.625. The van der Waals surface area contributed by atoms with E-state index in [2.05, 4.69) is 11.3 Å². The molecule has 0 spiro atoms. The molecule has 0 aromatic carbocycles. The molecule has 0 heterocycles. The summed E-state index contributed by atoms with van der Waals surface area (Å²) in [5.74, 6) is -0.264. The van der Waals surface area contributed by atoms with Gasteiger partial charge in [0.2, 0.25) is 0 Å². The molecular weight excluding hydrogens is 160 g/mol. The lowest BCUT2D eigenvalue weighted by Crippen LogP contribution is -2.08. The largest absolute Gasteiger partial charge is 0.499 e. The highest BCUT2D eigenvalue weighted by Gasteiger charge is 1.98. The van der Waals surface area contributed by atoms with Crippen LogP contribution in [0.25, 0.3) is 0 Å². The Hall–Kier alpha value is -1.03. The van der Waals surface area contributed by atoms with E-state index in [1.165, 1.54) is 13.4 Å². The number of ether oxygens (including phenoxy) is 3. The molecule has 0 saturated carbocycles. The average Bonchev–Trinajstić information content (AvgIpc) is 2.10. The molecular formula is C8H14O4. The van der Waals surface area contributed by atoms with E-state index in [4.69, 9.17) is 9.47 Å². The molecule has 0 aliphatic carbocycles. The maximum absolute atomic E-state index is 10.6. The minimum absolute atomic E-state index is 0.264. The van der Waals surface area contributed by atoms with E-state index in [-0.39, 0.29) is 12.4 Å². The molecule has 4 nitrogen and oxygen atoms in total. The zero-order valence-electron chi connectivity index (χ0n) is 7.25. The summed E-state index contributed by atoms with van der Waals surface area (Å²) < 4.78 is 14.2. The molecule has 12 heavy (non-hydrogen) atoms. The van der Waals surface area contributed by atoms with Gasteiger partial charge in [0.1, 0.15) is 6.61 Å². The molecule has 70 valence electrons. The Kier molecular flexibility index (Phi) is 7.38. The smallest absolute Gasteiger partial charge is 0.307 e. The molecule has 0 aliphatic rings. The van der Waals surface area contributed by atoms with Crippen molar-refractivity contribution in [1.29, 1.82) is 0 Å². The van der Waals surface area contributed by atoms with Crippen molar-refractivity contribution < 1.29 is 19.0 Å². The zero-order chi connectivity index (χ0) is 9.23. The number of carbonyl (C=O) groups excluding carboxylic acids is 1. The Bertz CT molecular complexity index is 133. The highest BCUT2D eigenvalue weighted by Crippen LogP contribution is 1.86. The van der Waals surface area contributed by atoms with Gasteiger partial charge in [0.05, 0.1) is 33.0 Å². The third-order valence-corrected chi connectivity index (χ3v) is 1.14. The van der Waals surface area contributed by atoms with E-state index < -0.39 is 0 Å². The van der Waals surface area contributed by atoms with Crippen molar-refractivity contribution in [1.82, 2.24) is 0 Å². The molecule has 4 heteroatoms. The minimum Gasteiger partial charge on any atom is -0.499 e. The Morgan fingerprint density at radius 3 is 2.75 bits per heavy atom. The van der Waals surface area contributed by atoms with Crippen molar-refractivity contribution in [2.45, 2.75) is 6.42 Å². The Labute approximate surface area is 72.1 Å². The second-order valence-corrected chi connectivity index (χ2v) is 1.98. The molecule has 0 fully saturated rings. The van der Waals surface area contributed by atoms with Crippen LogP contribution < -0.4 is 0 Å². The summed E-state index contributed by atoms with van der Waals surface area (Å²) >= 11 is 0. The molecule has 0 saturated heterocycles. The first-order valence-electron chi connectivity index (χ1n) is 3.68. The van der Waals surface area contributed by atoms with Crippen molar-refractivity contribution in [3.05, 3.63) is 12.8 Å². The first-order chi connectivity index (χ1) is 5.81. The topological polar surface area (TPSA) is 44.8 Å². The zero-order valence-corrected chi connectivity index (χ0v) is 7.25. The summed E-state index contributed by atoms with van der Waals surface area (Å²) in [5.41, 5.74) is 0. The number of esters is 1. The summed E-state index contributed by atoms with van der Waals surface area (Å²) in [5, 5.41) is 0. The average molecular weight is 174 g/mol. The van der Waals surface area contributed by atoms with Gasteiger partial charge in [-0.25, -0.2) is 0 Å². The van der Waals surface area contributed by atoms with Crippen LogP contribution in [-0.2, 0) is 19.0 Å². The van der Waals surface area contributed by atoms with Crippen LogP contribution in [0.15, 0.2) is 12.8 Å². The normalized spacial score (nSPS) is 9.08. The van der Waals surface area contributed by atoms with E-state index in [1.54, 1.807) is 0 Å². The predicted octanol–water partition coefficient (Wildman–Crippen LogP) is 0.726. The maximum atomic E-state index is 10.6. The monoisotopic (exact) mass is 174 g/mol. The molecule has 0 rings (SSSR count). The summed E-state index contributed by atoms with van der Waals surface area (Å²) in [6.45, 7) is 4.66. The van der Waals surface area contributed by atoms with Gasteiger partial charge in [-0.2, -0.15) is 0 Å². The first kappa shape index (κ1) is 11.0. The molecule has 0 aliphatic heterocycles. The lowest BCUT2D eigenvalue weighted by Gasteiger charge is -2.02. The fourth-order valence-corrected chi connectivity index (χ4v) is 0.550. The quantitative estimate of drug-likeness (QED) is 0.324. The summed E-state index contributed by atoms with van der Waals surface area (Å²) in [4.78, 5) is 10.6. The third kappa shape index (κ3) is 7.08. The van der Waals surface area contributed by atoms with Gasteiger partial charge >= 0.3 is 5.97 Å². The molecule has 0 aromatic heterocycles. The summed E-state index contributed by atoms with van der Waals surface area (Å²) in [6.07, 6.45) is 1.63. The van der Waals surface area contributed by atoms with Crippen LogP contribution in [0, 0.1) is 0 Å². The number of methoxy groups -OCH3 is 1. The standard InChI is InChI=1S/C8H14O4/c1-3-11-6-7-12-5-4-8(9)10-2/h3H,1,4-7H2,2H3. The van der Waals surface area contributed by atoms with Gasteiger partial charge < -0.3 is 14.2 Å². The van der Waals surface area contributed by atoms with E-state index in [0.29, 0.717) is 19.8 Å². The van der Waals surface area contributed by atoms with E-state index in [0.717, 1.165) is 0 Å². The van der Waals surface area contributed by atoms with E-state index in [1.807, 2.05) is 0 Å². The second-order valence-electron chi connectivity index (χ2n) is 1.98. The van der Waals surface area contributed by atoms with Crippen LogP contribution in [0.5, 0.6) is 0 Å². The van der Waals surface area contributed by atoms with Gasteiger partial charge in [0.25, 0.3) is 0 Å². The van der Waals surface area contributed by atoms with Crippen LogP contribution in [0.1, 0.15) is 6.42 Å². The molecule has 0 amide bonds. The van der Waals surface area contributed by atoms with Crippen molar-refractivity contribution in [3.63, 3.8) is 0 Å². The van der Waals surface area contributed by atoms with Gasteiger partial charge in [-0.3, -0.25) is 4.79 Å². The molecule has 0 aromatic rings. The van der Waals surface area contributed by atoms with Crippen molar-refractivity contribution in [3.8, 4) is 0 Å². The van der Waals surface area contributed by atoms with Crippen LogP contribution in [0.4, 0.5) is 0 Å². The predicted molar refractivity (Wildman–Crippen MR) is 43.6 cm³/mol. The maximum Gasteiger partial charge on any atom is 0.307 e. The Balaban J connectivity index is 3.00. The molecule has 0 bridgehead atoms. The fourth-order valence-electron chi connectivity index (χ4n) is 0.550. The van der Waals surface area contributed by atoms with Gasteiger partial charge in [0.15, 0.2) is 0 Å².